The van der Waals surface area contributed by atoms with Crippen LogP contribution in [0.5, 0.6) is 0 Å². The van der Waals surface area contributed by atoms with Crippen LogP contribution in [0.1, 0.15) is 0 Å². The van der Waals surface area contributed by atoms with E-state index in [1.165, 1.54) is 15.6 Å². The molecule has 2 heterocycles. The summed E-state index contributed by atoms with van der Waals surface area (Å²) in [6, 6.07) is 0. The molecule has 0 amide bonds. The summed E-state index contributed by atoms with van der Waals surface area (Å²) >= 11 is 0. The highest BCUT2D eigenvalue weighted by Crippen LogP contribution is 2.01. The minimum absolute atomic E-state index is 0.163. The summed E-state index contributed by atoms with van der Waals surface area (Å²) in [6.45, 7) is 5.42. The second kappa shape index (κ2) is 4.88. The molecule has 2 aromatic rings. The monoisotopic (exact) mass is 234 g/mol. The Hall–Kier alpha value is -2.02. The molecule has 7 nitrogen and oxygen atoms in total. The van der Waals surface area contributed by atoms with E-state index in [2.05, 4.69) is 27.3 Å². The van der Waals surface area contributed by atoms with Gasteiger partial charge in [-0.25, -0.2) is 9.36 Å². The van der Waals surface area contributed by atoms with Crippen LogP contribution >= 0.6 is 0 Å². The molecule has 2 aromatic heterocycles. The molecule has 0 aromatic carbocycles. The van der Waals surface area contributed by atoms with Gasteiger partial charge in [0.05, 0.1) is 12.7 Å². The van der Waals surface area contributed by atoms with Crippen molar-refractivity contribution < 1.29 is 0 Å². The maximum atomic E-state index is 12.0. The van der Waals surface area contributed by atoms with Gasteiger partial charge in [-0.1, -0.05) is 11.3 Å². The molecule has 0 aliphatic rings. The predicted octanol–water partition coefficient (Wildman–Crippen LogP) is -0.699. The number of aryl methyl sites for hydroxylation is 1. The van der Waals surface area contributed by atoms with Crippen molar-refractivity contribution >= 4 is 11.0 Å². The van der Waals surface area contributed by atoms with Gasteiger partial charge in [0.1, 0.15) is 5.39 Å². The molecule has 0 atom stereocenters. The van der Waals surface area contributed by atoms with E-state index >= 15 is 0 Å². The van der Waals surface area contributed by atoms with E-state index in [4.69, 9.17) is 0 Å². The molecule has 0 saturated carbocycles. The number of aromatic nitrogens is 5. The fourth-order valence-electron chi connectivity index (χ4n) is 1.51. The first-order chi connectivity index (χ1) is 8.24. The fraction of sp³-hybridized carbons (Fsp3) is 0.400. The second-order valence-corrected chi connectivity index (χ2v) is 3.62. The van der Waals surface area contributed by atoms with Crippen molar-refractivity contribution in [2.75, 3.05) is 13.1 Å². The highest BCUT2D eigenvalue weighted by atomic mass is 16.1. The quantitative estimate of drug-likeness (QED) is 0.547. The Bertz CT molecular complexity index is 584. The average Bonchev–Trinajstić information content (AvgIpc) is 2.70. The van der Waals surface area contributed by atoms with E-state index in [1.807, 2.05) is 0 Å². The molecule has 0 saturated heterocycles. The lowest BCUT2D eigenvalue weighted by molar-refractivity contribution is 0.522. The summed E-state index contributed by atoms with van der Waals surface area (Å²) in [7, 11) is 1.73. The predicted molar refractivity (Wildman–Crippen MR) is 63.6 cm³/mol. The lowest BCUT2D eigenvalue weighted by Crippen LogP contribution is -2.29. The van der Waals surface area contributed by atoms with E-state index in [9.17, 15) is 4.79 Å². The van der Waals surface area contributed by atoms with Crippen molar-refractivity contribution in [1.29, 1.82) is 0 Å². The third-order valence-electron chi connectivity index (χ3n) is 2.41. The van der Waals surface area contributed by atoms with E-state index < -0.39 is 0 Å². The van der Waals surface area contributed by atoms with E-state index in [0.29, 0.717) is 30.7 Å². The van der Waals surface area contributed by atoms with Crippen LogP contribution in [-0.4, -0.2) is 37.9 Å². The molecule has 0 aliphatic carbocycles. The van der Waals surface area contributed by atoms with Gasteiger partial charge in [-0.2, -0.15) is 5.10 Å². The van der Waals surface area contributed by atoms with Gasteiger partial charge in [-0.15, -0.1) is 11.7 Å². The molecule has 0 radical (unpaired) electrons. The molecule has 7 heteroatoms. The Morgan fingerprint density at radius 1 is 1.59 bits per heavy atom. The number of hydrogen-bond donors (Lipinski definition) is 1. The molecular formula is C10H14N6O. The highest BCUT2D eigenvalue weighted by Gasteiger charge is 2.08. The number of hydrogen-bond acceptors (Lipinski definition) is 5. The first kappa shape index (κ1) is 11.5. The first-order valence-corrected chi connectivity index (χ1v) is 5.31. The molecule has 2 rings (SSSR count). The Labute approximate surface area is 97.7 Å². The third-order valence-corrected chi connectivity index (χ3v) is 2.41. The van der Waals surface area contributed by atoms with Crippen LogP contribution in [0.2, 0.25) is 0 Å². The molecule has 0 bridgehead atoms. The van der Waals surface area contributed by atoms with Crippen molar-refractivity contribution in [3.8, 4) is 0 Å². The Morgan fingerprint density at radius 3 is 3.18 bits per heavy atom. The number of rotatable bonds is 5. The van der Waals surface area contributed by atoms with Gasteiger partial charge in [-0.3, -0.25) is 4.79 Å². The van der Waals surface area contributed by atoms with Gasteiger partial charge in [0.15, 0.2) is 5.65 Å². The second-order valence-electron chi connectivity index (χ2n) is 3.62. The first-order valence-electron chi connectivity index (χ1n) is 5.31. The largest absolute Gasteiger partial charge is 0.311 e. The molecule has 0 fully saturated rings. The van der Waals surface area contributed by atoms with Gasteiger partial charge in [0, 0.05) is 20.1 Å². The highest BCUT2D eigenvalue weighted by molar-refractivity contribution is 5.72. The molecule has 1 N–H and O–H groups in total. The molecule has 0 unspecified atom stereocenters. The van der Waals surface area contributed by atoms with Crippen molar-refractivity contribution in [2.45, 2.75) is 6.54 Å². The van der Waals surface area contributed by atoms with Crippen LogP contribution in [0.25, 0.3) is 11.0 Å². The summed E-state index contributed by atoms with van der Waals surface area (Å²) in [6.07, 6.45) is 3.28. The fourth-order valence-corrected chi connectivity index (χ4v) is 1.51. The topological polar surface area (TPSA) is 77.6 Å². The Balaban J connectivity index is 2.21. The zero-order valence-corrected chi connectivity index (χ0v) is 9.63. The number of fused-ring (bicyclic) bond motifs is 1. The van der Waals surface area contributed by atoms with Crippen LogP contribution < -0.4 is 10.9 Å². The zero-order chi connectivity index (χ0) is 12.3. The third kappa shape index (κ3) is 2.23. The smallest absolute Gasteiger partial charge is 0.280 e. The van der Waals surface area contributed by atoms with Crippen molar-refractivity contribution in [3.63, 3.8) is 0 Å². The van der Waals surface area contributed by atoms with Crippen LogP contribution in [0.4, 0.5) is 0 Å². The van der Waals surface area contributed by atoms with Gasteiger partial charge < -0.3 is 5.32 Å². The lowest BCUT2D eigenvalue weighted by Gasteiger charge is -2.03. The number of nitrogens with one attached hydrogen (secondary N) is 1. The van der Waals surface area contributed by atoms with Gasteiger partial charge in [-0.05, 0) is 0 Å². The van der Waals surface area contributed by atoms with Crippen LogP contribution in [-0.2, 0) is 13.6 Å². The Kier molecular flexibility index (Phi) is 3.29. The normalized spacial score (nSPS) is 10.9. The standard InChI is InChI=1S/C10H14N6O/c1-3-4-11-5-6-16-10(17)8-7-12-15(2)9(8)13-14-16/h3,7,11H,1,4-6H2,2H3. The zero-order valence-electron chi connectivity index (χ0n) is 9.63. The van der Waals surface area contributed by atoms with E-state index in [-0.39, 0.29) is 5.56 Å². The maximum Gasteiger partial charge on any atom is 0.280 e. The molecule has 90 valence electrons. The summed E-state index contributed by atoms with van der Waals surface area (Å²) < 4.78 is 2.87. The van der Waals surface area contributed by atoms with Crippen LogP contribution in [0.3, 0.4) is 0 Å². The van der Waals surface area contributed by atoms with Gasteiger partial charge in [0.2, 0.25) is 0 Å². The lowest BCUT2D eigenvalue weighted by atomic mass is 10.4. The summed E-state index contributed by atoms with van der Waals surface area (Å²) in [5.74, 6) is 0. The minimum Gasteiger partial charge on any atom is -0.311 e. The van der Waals surface area contributed by atoms with Crippen molar-refractivity contribution in [2.24, 2.45) is 7.05 Å². The Morgan fingerprint density at radius 2 is 2.41 bits per heavy atom. The maximum absolute atomic E-state index is 12.0. The summed E-state index contributed by atoms with van der Waals surface area (Å²) in [5.41, 5.74) is 0.341. The summed E-state index contributed by atoms with van der Waals surface area (Å²) in [4.78, 5) is 12.0. The molecule has 17 heavy (non-hydrogen) atoms. The minimum atomic E-state index is -0.163. The van der Waals surface area contributed by atoms with Crippen molar-refractivity contribution in [3.05, 3.63) is 29.2 Å². The number of nitrogens with zero attached hydrogens (tertiary/aromatic N) is 5. The van der Waals surface area contributed by atoms with Crippen LogP contribution in [0, 0.1) is 0 Å². The molecule has 0 spiro atoms. The van der Waals surface area contributed by atoms with Gasteiger partial charge in [0.25, 0.3) is 5.56 Å². The van der Waals surface area contributed by atoms with Crippen molar-refractivity contribution in [1.82, 2.24) is 30.1 Å². The SMILES string of the molecule is C=CCNCCn1nnc2c(cnn2C)c1=O. The van der Waals surface area contributed by atoms with Gasteiger partial charge >= 0.3 is 0 Å². The van der Waals surface area contributed by atoms with E-state index in [0.717, 1.165) is 0 Å². The molecule has 0 aliphatic heterocycles. The average molecular weight is 234 g/mol. The van der Waals surface area contributed by atoms with Crippen LogP contribution in [0.15, 0.2) is 23.6 Å². The summed E-state index contributed by atoms with van der Waals surface area (Å²) in [5, 5.41) is 15.4. The van der Waals surface area contributed by atoms with E-state index in [1.54, 1.807) is 13.1 Å². The molecular weight excluding hydrogens is 220 g/mol.